The Morgan fingerprint density at radius 2 is 2.09 bits per heavy atom. The average Bonchev–Trinajstić information content (AvgIpc) is 2.88. The van der Waals surface area contributed by atoms with Crippen LogP contribution in [0.15, 0.2) is 6.07 Å². The molecule has 1 aliphatic carbocycles. The third kappa shape index (κ3) is 4.74. The molecule has 7 nitrogen and oxygen atoms in total. The second kappa shape index (κ2) is 8.19. The lowest BCUT2D eigenvalue weighted by atomic mass is 10.0. The Labute approximate surface area is 134 Å². The maximum atomic E-state index is 12.2. The van der Waals surface area contributed by atoms with E-state index in [0.29, 0.717) is 16.6 Å². The fraction of sp³-hybridized carbons (Fsp3) is 0.643. The van der Waals surface area contributed by atoms with Gasteiger partial charge < -0.3 is 5.32 Å². The van der Waals surface area contributed by atoms with Gasteiger partial charge in [-0.2, -0.15) is 9.93 Å². The SMILES string of the molecule is CNC(=O)Cn1nc(C)cc1C(=O)NNSC1CCCCC1. The van der Waals surface area contributed by atoms with Gasteiger partial charge in [-0.1, -0.05) is 31.2 Å². The molecule has 8 heteroatoms. The largest absolute Gasteiger partial charge is 0.358 e. The molecule has 1 fully saturated rings. The topological polar surface area (TPSA) is 88.0 Å². The van der Waals surface area contributed by atoms with Gasteiger partial charge in [0.1, 0.15) is 12.2 Å². The third-order valence-corrected chi connectivity index (χ3v) is 4.67. The summed E-state index contributed by atoms with van der Waals surface area (Å²) in [6, 6.07) is 1.67. The molecule has 0 spiro atoms. The van der Waals surface area contributed by atoms with E-state index < -0.39 is 0 Å². The predicted molar refractivity (Wildman–Crippen MR) is 86.1 cm³/mol. The van der Waals surface area contributed by atoms with Crippen LogP contribution in [0.2, 0.25) is 0 Å². The molecule has 0 saturated heterocycles. The quantitative estimate of drug-likeness (QED) is 0.539. The summed E-state index contributed by atoms with van der Waals surface area (Å²) in [7, 11) is 1.56. The molecule has 1 aromatic heterocycles. The number of carbonyl (C=O) groups is 2. The number of amides is 2. The summed E-state index contributed by atoms with van der Waals surface area (Å²) in [6.45, 7) is 1.82. The summed E-state index contributed by atoms with van der Waals surface area (Å²) < 4.78 is 1.41. The van der Waals surface area contributed by atoms with Gasteiger partial charge in [-0.05, 0) is 25.8 Å². The van der Waals surface area contributed by atoms with Gasteiger partial charge in [0.2, 0.25) is 5.91 Å². The number of hydrazine groups is 1. The second-order valence-corrected chi connectivity index (χ2v) is 6.54. The summed E-state index contributed by atoms with van der Waals surface area (Å²) in [6.07, 6.45) is 6.18. The van der Waals surface area contributed by atoms with Crippen molar-refractivity contribution in [3.63, 3.8) is 0 Å². The first-order valence-corrected chi connectivity index (χ1v) is 8.44. The van der Waals surface area contributed by atoms with Crippen LogP contribution in [0.5, 0.6) is 0 Å². The first-order chi connectivity index (χ1) is 10.6. The first-order valence-electron chi connectivity index (χ1n) is 7.56. The van der Waals surface area contributed by atoms with Crippen LogP contribution in [0, 0.1) is 6.92 Å². The minimum absolute atomic E-state index is 0.0306. The standard InChI is InChI=1S/C14H23N5O2S/c1-10-8-12(19(17-10)9-13(20)15-2)14(21)16-18-22-11-6-4-3-5-7-11/h8,11,18H,3-7,9H2,1-2H3,(H,15,20)(H,16,21). The van der Waals surface area contributed by atoms with E-state index in [-0.39, 0.29) is 18.4 Å². The van der Waals surface area contributed by atoms with Crippen LogP contribution in [0.3, 0.4) is 0 Å². The second-order valence-electron chi connectivity index (χ2n) is 5.44. The molecule has 1 aliphatic rings. The monoisotopic (exact) mass is 325 g/mol. The molecule has 0 radical (unpaired) electrons. The zero-order chi connectivity index (χ0) is 15.9. The lowest BCUT2D eigenvalue weighted by Crippen LogP contribution is -2.36. The number of carbonyl (C=O) groups excluding carboxylic acids is 2. The van der Waals surface area contributed by atoms with Gasteiger partial charge in [-0.15, -0.1) is 0 Å². The van der Waals surface area contributed by atoms with Gasteiger partial charge in [0.15, 0.2) is 0 Å². The lowest BCUT2D eigenvalue weighted by molar-refractivity contribution is -0.121. The zero-order valence-electron chi connectivity index (χ0n) is 13.0. The number of rotatable bonds is 6. The van der Waals surface area contributed by atoms with Crippen LogP contribution in [0.25, 0.3) is 0 Å². The van der Waals surface area contributed by atoms with Crippen molar-refractivity contribution in [3.05, 3.63) is 17.5 Å². The predicted octanol–water partition coefficient (Wildman–Crippen LogP) is 1.15. The maximum absolute atomic E-state index is 12.2. The zero-order valence-corrected chi connectivity index (χ0v) is 13.8. The van der Waals surface area contributed by atoms with Gasteiger partial charge in [0.05, 0.1) is 5.69 Å². The Hall–Kier alpha value is -1.54. The molecule has 0 aliphatic heterocycles. The van der Waals surface area contributed by atoms with Crippen molar-refractivity contribution in [1.29, 1.82) is 0 Å². The molecule has 1 aromatic rings. The van der Waals surface area contributed by atoms with Crippen LogP contribution in [-0.4, -0.2) is 33.9 Å². The highest BCUT2D eigenvalue weighted by Gasteiger charge is 2.17. The minimum atomic E-state index is -0.284. The molecule has 2 amide bonds. The van der Waals surface area contributed by atoms with E-state index in [0.717, 1.165) is 0 Å². The molecular weight excluding hydrogens is 302 g/mol. The molecule has 22 heavy (non-hydrogen) atoms. The molecule has 0 bridgehead atoms. The number of hydrogen-bond acceptors (Lipinski definition) is 5. The van der Waals surface area contributed by atoms with Gasteiger partial charge in [-0.25, -0.2) is 0 Å². The summed E-state index contributed by atoms with van der Waals surface area (Å²) in [4.78, 5) is 26.6. The van der Waals surface area contributed by atoms with Crippen molar-refractivity contribution >= 4 is 23.8 Å². The molecule has 1 heterocycles. The minimum Gasteiger partial charge on any atom is -0.358 e. The van der Waals surface area contributed by atoms with E-state index in [1.54, 1.807) is 32.0 Å². The van der Waals surface area contributed by atoms with Crippen LogP contribution < -0.4 is 15.6 Å². The number of hydrogen-bond donors (Lipinski definition) is 3. The summed E-state index contributed by atoms with van der Waals surface area (Å²) >= 11 is 1.56. The van der Waals surface area contributed by atoms with Crippen molar-refractivity contribution in [3.8, 4) is 0 Å². The van der Waals surface area contributed by atoms with E-state index >= 15 is 0 Å². The number of aryl methyl sites for hydroxylation is 1. The number of nitrogens with zero attached hydrogens (tertiary/aromatic N) is 2. The Morgan fingerprint density at radius 3 is 2.77 bits per heavy atom. The smallest absolute Gasteiger partial charge is 0.284 e. The number of aromatic nitrogens is 2. The van der Waals surface area contributed by atoms with E-state index in [1.165, 1.54) is 36.8 Å². The molecule has 122 valence electrons. The van der Waals surface area contributed by atoms with Crippen LogP contribution in [0.1, 0.15) is 48.3 Å². The Bertz CT molecular complexity index is 525. The van der Waals surface area contributed by atoms with Crippen LogP contribution in [-0.2, 0) is 11.3 Å². The molecule has 2 rings (SSSR count). The molecule has 0 atom stereocenters. The van der Waals surface area contributed by atoms with Gasteiger partial charge in [0, 0.05) is 12.3 Å². The van der Waals surface area contributed by atoms with E-state index in [2.05, 4.69) is 20.7 Å². The third-order valence-electron chi connectivity index (χ3n) is 3.65. The fourth-order valence-electron chi connectivity index (χ4n) is 2.47. The van der Waals surface area contributed by atoms with Gasteiger partial charge >= 0.3 is 0 Å². The normalized spacial score (nSPS) is 15.5. The molecule has 0 unspecified atom stereocenters. The Morgan fingerprint density at radius 1 is 1.36 bits per heavy atom. The van der Waals surface area contributed by atoms with Crippen molar-refractivity contribution < 1.29 is 9.59 Å². The first kappa shape index (κ1) is 16.8. The van der Waals surface area contributed by atoms with Crippen molar-refractivity contribution in [2.24, 2.45) is 0 Å². The molecule has 1 saturated carbocycles. The van der Waals surface area contributed by atoms with Crippen molar-refractivity contribution in [2.45, 2.75) is 50.8 Å². The van der Waals surface area contributed by atoms with Gasteiger partial charge in [0.25, 0.3) is 5.91 Å². The molecule has 3 N–H and O–H groups in total. The Balaban J connectivity index is 1.87. The maximum Gasteiger partial charge on any atom is 0.284 e. The molecule has 0 aromatic carbocycles. The lowest BCUT2D eigenvalue weighted by Gasteiger charge is -2.21. The summed E-state index contributed by atoms with van der Waals surface area (Å²) in [5.41, 5.74) is 3.75. The van der Waals surface area contributed by atoms with Crippen molar-refractivity contribution in [2.75, 3.05) is 7.05 Å². The van der Waals surface area contributed by atoms with E-state index in [9.17, 15) is 9.59 Å². The molecular formula is C14H23N5O2S. The Kier molecular flexibility index (Phi) is 6.26. The van der Waals surface area contributed by atoms with Gasteiger partial charge in [-0.3, -0.25) is 19.7 Å². The summed E-state index contributed by atoms with van der Waals surface area (Å²) in [5.74, 6) is -0.477. The highest BCUT2D eigenvalue weighted by Crippen LogP contribution is 2.25. The van der Waals surface area contributed by atoms with Crippen molar-refractivity contribution in [1.82, 2.24) is 25.4 Å². The highest BCUT2D eigenvalue weighted by molar-refractivity contribution is 7.98. The van der Waals surface area contributed by atoms with Crippen LogP contribution in [0.4, 0.5) is 0 Å². The highest BCUT2D eigenvalue weighted by atomic mass is 32.2. The summed E-state index contributed by atoms with van der Waals surface area (Å²) in [5, 5.41) is 7.25. The van der Waals surface area contributed by atoms with E-state index in [1.807, 2.05) is 0 Å². The number of likely N-dealkylation sites (N-methyl/N-ethyl adjacent to an activating group) is 1. The van der Waals surface area contributed by atoms with Crippen LogP contribution >= 0.6 is 11.9 Å². The van der Waals surface area contributed by atoms with E-state index in [4.69, 9.17) is 0 Å². The average molecular weight is 325 g/mol. The number of nitrogens with one attached hydrogen (secondary N) is 3. The fourth-order valence-corrected chi connectivity index (χ4v) is 3.36.